The van der Waals surface area contributed by atoms with Crippen LogP contribution in [0.1, 0.15) is 5.56 Å². The summed E-state index contributed by atoms with van der Waals surface area (Å²) in [6.45, 7) is -0.763. The molecule has 9 nitrogen and oxygen atoms in total. The smallest absolute Gasteiger partial charge is 0.330 e. The molecule has 1 heterocycles. The summed E-state index contributed by atoms with van der Waals surface area (Å²) >= 11 is 0. The number of carbonyl (C=O) groups excluding carboxylic acids is 2. The molecule has 0 radical (unpaired) electrons. The molecule has 0 fully saturated rings. The zero-order chi connectivity index (χ0) is 19.1. The molecule has 9 heteroatoms. The molecule has 2 aromatic carbocycles. The van der Waals surface area contributed by atoms with Crippen molar-refractivity contribution in [1.82, 2.24) is 20.2 Å². The van der Waals surface area contributed by atoms with E-state index in [0.29, 0.717) is 17.1 Å². The van der Waals surface area contributed by atoms with Crippen molar-refractivity contribution in [3.05, 3.63) is 60.2 Å². The van der Waals surface area contributed by atoms with Gasteiger partial charge in [0.05, 0.1) is 11.3 Å². The normalized spacial score (nSPS) is 10.0. The lowest BCUT2D eigenvalue weighted by atomic mass is 10.2. The van der Waals surface area contributed by atoms with Gasteiger partial charge in [0.25, 0.3) is 5.91 Å². The number of hydrogen-bond acceptors (Lipinski definition) is 7. The second-order valence-corrected chi connectivity index (χ2v) is 5.38. The van der Waals surface area contributed by atoms with Crippen molar-refractivity contribution < 1.29 is 14.3 Å². The maximum Gasteiger partial charge on any atom is 0.330 e. The lowest BCUT2D eigenvalue weighted by Crippen LogP contribution is -2.24. The number of tetrazole rings is 1. The number of esters is 1. The highest BCUT2D eigenvalue weighted by Gasteiger charge is 2.13. The molecule has 0 bridgehead atoms. The average molecular weight is 362 g/mol. The van der Waals surface area contributed by atoms with Crippen molar-refractivity contribution >= 4 is 17.6 Å². The summed E-state index contributed by atoms with van der Waals surface area (Å²) in [5, 5.41) is 23.3. The van der Waals surface area contributed by atoms with E-state index in [1.54, 1.807) is 24.3 Å². The van der Waals surface area contributed by atoms with Crippen LogP contribution < -0.4 is 5.32 Å². The first kappa shape index (κ1) is 17.8. The van der Waals surface area contributed by atoms with Crippen LogP contribution >= 0.6 is 0 Å². The molecule has 1 N–H and O–H groups in total. The fraction of sp³-hybridized carbons (Fsp3) is 0.111. The zero-order valence-electron chi connectivity index (χ0n) is 14.1. The van der Waals surface area contributed by atoms with Crippen LogP contribution in [0.4, 0.5) is 5.69 Å². The molecule has 27 heavy (non-hydrogen) atoms. The van der Waals surface area contributed by atoms with Gasteiger partial charge in [0.2, 0.25) is 5.82 Å². The van der Waals surface area contributed by atoms with Crippen molar-refractivity contribution in [2.75, 3.05) is 11.9 Å². The van der Waals surface area contributed by atoms with Gasteiger partial charge in [-0.1, -0.05) is 42.5 Å². The number of amides is 1. The molecule has 0 saturated heterocycles. The fourth-order valence-electron chi connectivity index (χ4n) is 2.20. The van der Waals surface area contributed by atoms with Crippen LogP contribution in [0.15, 0.2) is 54.6 Å². The van der Waals surface area contributed by atoms with Gasteiger partial charge >= 0.3 is 5.97 Å². The second-order valence-electron chi connectivity index (χ2n) is 5.38. The van der Waals surface area contributed by atoms with E-state index in [9.17, 15) is 9.59 Å². The number of ether oxygens (including phenoxy) is 1. The third-order valence-electron chi connectivity index (χ3n) is 3.44. The Bertz CT molecular complexity index is 994. The van der Waals surface area contributed by atoms with Crippen molar-refractivity contribution in [3.8, 4) is 17.5 Å². The topological polar surface area (TPSA) is 123 Å². The van der Waals surface area contributed by atoms with Gasteiger partial charge in [0.1, 0.15) is 6.07 Å². The predicted molar refractivity (Wildman–Crippen MR) is 94.0 cm³/mol. The predicted octanol–water partition coefficient (Wildman–Crippen LogP) is 1.39. The monoisotopic (exact) mass is 362 g/mol. The minimum absolute atomic E-state index is 0.276. The zero-order valence-corrected chi connectivity index (χ0v) is 14.1. The van der Waals surface area contributed by atoms with Crippen molar-refractivity contribution in [3.63, 3.8) is 0 Å². The minimum Gasteiger partial charge on any atom is -0.454 e. The van der Waals surface area contributed by atoms with Crippen LogP contribution in [0.2, 0.25) is 0 Å². The molecule has 0 aliphatic carbocycles. The Balaban J connectivity index is 1.51. The Morgan fingerprint density at radius 2 is 1.85 bits per heavy atom. The van der Waals surface area contributed by atoms with Gasteiger partial charge in [-0.25, -0.2) is 4.79 Å². The van der Waals surface area contributed by atoms with Crippen LogP contribution in [-0.4, -0.2) is 38.7 Å². The molecule has 3 rings (SSSR count). The van der Waals surface area contributed by atoms with E-state index in [1.165, 1.54) is 0 Å². The molecule has 0 unspecified atom stereocenters. The fourth-order valence-corrected chi connectivity index (χ4v) is 2.20. The number of carbonyl (C=O) groups is 2. The van der Waals surface area contributed by atoms with Crippen LogP contribution in [0.5, 0.6) is 0 Å². The Hall–Kier alpha value is -4.06. The number of nitrogens with zero attached hydrogens (tertiary/aromatic N) is 5. The molecule has 0 atom stereocenters. The number of aromatic nitrogens is 4. The lowest BCUT2D eigenvalue weighted by Gasteiger charge is -2.07. The maximum absolute atomic E-state index is 11.9. The van der Waals surface area contributed by atoms with Gasteiger partial charge in [0.15, 0.2) is 13.2 Å². The third kappa shape index (κ3) is 4.73. The van der Waals surface area contributed by atoms with Gasteiger partial charge in [0, 0.05) is 5.56 Å². The first-order chi connectivity index (χ1) is 13.2. The van der Waals surface area contributed by atoms with Crippen molar-refractivity contribution in [2.24, 2.45) is 0 Å². The number of nitriles is 1. The molecule has 1 amide bonds. The summed E-state index contributed by atoms with van der Waals surface area (Å²) in [7, 11) is 0. The number of anilines is 1. The van der Waals surface area contributed by atoms with E-state index < -0.39 is 18.5 Å². The van der Waals surface area contributed by atoms with Crippen molar-refractivity contribution in [1.29, 1.82) is 5.26 Å². The van der Waals surface area contributed by atoms with Gasteiger partial charge in [-0.3, -0.25) is 4.79 Å². The lowest BCUT2D eigenvalue weighted by molar-refractivity contribution is -0.148. The summed E-state index contributed by atoms with van der Waals surface area (Å²) < 4.78 is 4.91. The largest absolute Gasteiger partial charge is 0.454 e. The summed E-state index contributed by atoms with van der Waals surface area (Å²) in [6, 6.07) is 17.7. The van der Waals surface area contributed by atoms with Crippen molar-refractivity contribution in [2.45, 2.75) is 6.54 Å². The van der Waals surface area contributed by atoms with Gasteiger partial charge in [-0.2, -0.15) is 10.1 Å². The molecule has 0 saturated carbocycles. The van der Waals surface area contributed by atoms with E-state index in [2.05, 4.69) is 20.7 Å². The van der Waals surface area contributed by atoms with E-state index in [0.717, 1.165) is 10.4 Å². The Labute approximate surface area is 154 Å². The van der Waals surface area contributed by atoms with Crippen LogP contribution in [0, 0.1) is 11.3 Å². The molecular weight excluding hydrogens is 348 g/mol. The summed E-state index contributed by atoms with van der Waals surface area (Å²) in [4.78, 5) is 24.8. The summed E-state index contributed by atoms with van der Waals surface area (Å²) in [6.07, 6.45) is 0. The van der Waals surface area contributed by atoms with Gasteiger partial charge < -0.3 is 10.1 Å². The number of benzene rings is 2. The van der Waals surface area contributed by atoms with E-state index >= 15 is 0 Å². The van der Waals surface area contributed by atoms with E-state index in [4.69, 9.17) is 10.00 Å². The Morgan fingerprint density at radius 1 is 1.11 bits per heavy atom. The quantitative estimate of drug-likeness (QED) is 0.657. The molecular formula is C18H14N6O3. The summed E-state index contributed by atoms with van der Waals surface area (Å²) in [5.41, 5.74) is 1.44. The Morgan fingerprint density at radius 3 is 2.63 bits per heavy atom. The third-order valence-corrected chi connectivity index (χ3v) is 3.44. The van der Waals surface area contributed by atoms with Crippen LogP contribution in [0.3, 0.4) is 0 Å². The highest BCUT2D eigenvalue weighted by molar-refractivity contribution is 5.93. The number of nitrogens with one attached hydrogen (secondary N) is 1. The van der Waals surface area contributed by atoms with Crippen LogP contribution in [0.25, 0.3) is 11.4 Å². The molecule has 0 aliphatic rings. The number of hydrogen-bond donors (Lipinski definition) is 1. The maximum atomic E-state index is 11.9. The van der Waals surface area contributed by atoms with Crippen LogP contribution in [-0.2, 0) is 20.9 Å². The minimum atomic E-state index is -0.685. The molecule has 134 valence electrons. The highest BCUT2D eigenvalue weighted by Crippen LogP contribution is 2.13. The molecule has 1 aromatic heterocycles. The van der Waals surface area contributed by atoms with E-state index in [-0.39, 0.29) is 6.54 Å². The standard InChI is InChI=1S/C18H14N6O3/c19-10-14-8-4-5-9-15(14)20-16(25)12-27-17(26)11-24-22-18(21-23-24)13-6-2-1-3-7-13/h1-9H,11-12H2,(H,20,25). The summed E-state index contributed by atoms with van der Waals surface area (Å²) in [5.74, 6) is -0.854. The first-order valence-electron chi connectivity index (χ1n) is 7.93. The molecule has 0 spiro atoms. The van der Waals surface area contributed by atoms with Gasteiger partial charge in [-0.05, 0) is 17.3 Å². The second kappa shape index (κ2) is 8.35. The Kier molecular flexibility index (Phi) is 5.49. The van der Waals surface area contributed by atoms with Gasteiger partial charge in [-0.15, -0.1) is 10.2 Å². The number of rotatable bonds is 6. The SMILES string of the molecule is N#Cc1ccccc1NC(=O)COC(=O)Cn1nnc(-c2ccccc2)n1. The first-order valence-corrected chi connectivity index (χ1v) is 7.93. The number of para-hydroxylation sites is 1. The molecule has 3 aromatic rings. The van der Waals surface area contributed by atoms with E-state index in [1.807, 2.05) is 36.4 Å². The highest BCUT2D eigenvalue weighted by atomic mass is 16.5. The average Bonchev–Trinajstić information content (AvgIpc) is 3.16. The molecule has 0 aliphatic heterocycles.